The van der Waals surface area contributed by atoms with Gasteiger partial charge in [0.15, 0.2) is 0 Å². The average Bonchev–Trinajstić information content (AvgIpc) is 2.08. The third kappa shape index (κ3) is 3.03. The average molecular weight is 175 g/mol. The molecule has 1 nitrogen and oxygen atoms in total. The van der Waals surface area contributed by atoms with Gasteiger partial charge in [0, 0.05) is 6.04 Å². The second-order valence-electron chi connectivity index (χ2n) is 3.64. The molecule has 0 radical (unpaired) electrons. The van der Waals surface area contributed by atoms with E-state index in [9.17, 15) is 0 Å². The molecule has 0 saturated heterocycles. The highest BCUT2D eigenvalue weighted by Crippen LogP contribution is 2.08. The van der Waals surface area contributed by atoms with Crippen molar-refractivity contribution in [2.24, 2.45) is 5.73 Å². The van der Waals surface area contributed by atoms with E-state index in [-0.39, 0.29) is 6.04 Å². The van der Waals surface area contributed by atoms with Crippen molar-refractivity contribution in [2.45, 2.75) is 26.3 Å². The van der Waals surface area contributed by atoms with E-state index in [1.54, 1.807) is 0 Å². The number of aryl methyl sites for hydroxylation is 1. The van der Waals surface area contributed by atoms with Gasteiger partial charge < -0.3 is 5.73 Å². The molecular weight excluding hydrogens is 158 g/mol. The largest absolute Gasteiger partial charge is 0.324 e. The molecule has 0 amide bonds. The molecule has 0 aromatic heterocycles. The summed E-state index contributed by atoms with van der Waals surface area (Å²) in [6.07, 6.45) is 0.885. The van der Waals surface area contributed by atoms with Crippen molar-refractivity contribution in [3.63, 3.8) is 0 Å². The fraction of sp³-hybridized carbons (Fsp3) is 0.333. The molecule has 1 rings (SSSR count). The van der Waals surface area contributed by atoms with Crippen LogP contribution < -0.4 is 5.73 Å². The molecule has 1 atom stereocenters. The Morgan fingerprint density at radius 1 is 1.38 bits per heavy atom. The molecule has 2 N–H and O–H groups in total. The van der Waals surface area contributed by atoms with Gasteiger partial charge in [-0.15, -0.1) is 0 Å². The highest BCUT2D eigenvalue weighted by molar-refractivity contribution is 5.23. The lowest BCUT2D eigenvalue weighted by Gasteiger charge is -2.10. The molecule has 0 bridgehead atoms. The zero-order valence-electron chi connectivity index (χ0n) is 8.38. The summed E-state index contributed by atoms with van der Waals surface area (Å²) in [6.45, 7) is 7.90. The topological polar surface area (TPSA) is 26.0 Å². The summed E-state index contributed by atoms with van der Waals surface area (Å²) >= 11 is 0. The predicted octanol–water partition coefficient (Wildman–Crippen LogP) is 2.44. The van der Waals surface area contributed by atoms with Crippen molar-refractivity contribution in [3.8, 4) is 0 Å². The van der Waals surface area contributed by atoms with Crippen molar-refractivity contribution in [1.29, 1.82) is 0 Å². The third-order valence-electron chi connectivity index (χ3n) is 2.21. The van der Waals surface area contributed by atoms with Gasteiger partial charge in [-0.3, -0.25) is 0 Å². The molecule has 70 valence electrons. The highest BCUT2D eigenvalue weighted by Gasteiger charge is 2.03. The second kappa shape index (κ2) is 4.24. The van der Waals surface area contributed by atoms with Crippen molar-refractivity contribution >= 4 is 0 Å². The smallest absolute Gasteiger partial charge is 0.0289 e. The van der Waals surface area contributed by atoms with E-state index in [2.05, 4.69) is 37.8 Å². The molecule has 1 aromatic rings. The van der Waals surface area contributed by atoms with Gasteiger partial charge in [-0.05, 0) is 25.8 Å². The number of benzene rings is 1. The summed E-state index contributed by atoms with van der Waals surface area (Å²) < 4.78 is 0. The molecular formula is C12H17N. The van der Waals surface area contributed by atoms with E-state index < -0.39 is 0 Å². The Balaban J connectivity index is 2.64. The first kappa shape index (κ1) is 10.0. The minimum absolute atomic E-state index is 0.0858. The summed E-state index contributed by atoms with van der Waals surface area (Å²) in [5.41, 5.74) is 9.49. The Labute approximate surface area is 80.3 Å². The Kier molecular flexibility index (Phi) is 3.26. The van der Waals surface area contributed by atoms with Gasteiger partial charge in [0.2, 0.25) is 0 Å². The maximum Gasteiger partial charge on any atom is 0.0289 e. The normalized spacial score (nSPS) is 12.5. The van der Waals surface area contributed by atoms with Crippen molar-refractivity contribution in [3.05, 3.63) is 47.5 Å². The van der Waals surface area contributed by atoms with E-state index in [0.29, 0.717) is 0 Å². The monoisotopic (exact) mass is 175 g/mol. The highest BCUT2D eigenvalue weighted by atomic mass is 14.6. The van der Waals surface area contributed by atoms with Gasteiger partial charge in [-0.25, -0.2) is 0 Å². The molecule has 1 unspecified atom stereocenters. The van der Waals surface area contributed by atoms with Gasteiger partial charge in [-0.2, -0.15) is 0 Å². The van der Waals surface area contributed by atoms with Crippen LogP contribution in [0.15, 0.2) is 36.4 Å². The standard InChI is InChI=1S/C12H17N/c1-9(2)12(13)8-11-6-4-10(3)5-7-11/h4-7,12H,1,8,13H2,2-3H3. The van der Waals surface area contributed by atoms with Crippen LogP contribution in [0.3, 0.4) is 0 Å². The van der Waals surface area contributed by atoms with E-state index in [4.69, 9.17) is 5.73 Å². The maximum absolute atomic E-state index is 5.89. The zero-order valence-corrected chi connectivity index (χ0v) is 8.38. The van der Waals surface area contributed by atoms with Crippen LogP contribution in [-0.4, -0.2) is 6.04 Å². The van der Waals surface area contributed by atoms with E-state index >= 15 is 0 Å². The SMILES string of the molecule is C=C(C)C(N)Cc1ccc(C)cc1. The lowest BCUT2D eigenvalue weighted by Crippen LogP contribution is -2.23. The van der Waals surface area contributed by atoms with Gasteiger partial charge in [0.05, 0.1) is 0 Å². The Bertz CT molecular complexity index is 284. The summed E-state index contributed by atoms with van der Waals surface area (Å²) in [5.74, 6) is 0. The second-order valence-corrected chi connectivity index (χ2v) is 3.64. The maximum atomic E-state index is 5.89. The predicted molar refractivity (Wildman–Crippen MR) is 57.7 cm³/mol. The Hall–Kier alpha value is -1.08. The van der Waals surface area contributed by atoms with E-state index in [0.717, 1.165) is 12.0 Å². The first-order valence-electron chi connectivity index (χ1n) is 4.56. The number of hydrogen-bond acceptors (Lipinski definition) is 1. The zero-order chi connectivity index (χ0) is 9.84. The van der Waals surface area contributed by atoms with Gasteiger partial charge in [0.25, 0.3) is 0 Å². The fourth-order valence-electron chi connectivity index (χ4n) is 1.15. The van der Waals surface area contributed by atoms with E-state index in [1.165, 1.54) is 11.1 Å². The molecule has 0 aliphatic carbocycles. The summed E-state index contributed by atoms with van der Waals surface area (Å²) in [6, 6.07) is 8.56. The molecule has 1 aromatic carbocycles. The number of nitrogens with two attached hydrogens (primary N) is 1. The molecule has 0 fully saturated rings. The molecule has 0 spiro atoms. The van der Waals surface area contributed by atoms with Crippen LogP contribution in [0.5, 0.6) is 0 Å². The van der Waals surface area contributed by atoms with Crippen molar-refractivity contribution < 1.29 is 0 Å². The van der Waals surface area contributed by atoms with Crippen LogP contribution in [0, 0.1) is 6.92 Å². The first-order chi connectivity index (χ1) is 6.09. The summed E-state index contributed by atoms with van der Waals surface area (Å²) in [5, 5.41) is 0. The molecule has 13 heavy (non-hydrogen) atoms. The van der Waals surface area contributed by atoms with Crippen molar-refractivity contribution in [1.82, 2.24) is 0 Å². The quantitative estimate of drug-likeness (QED) is 0.701. The van der Waals surface area contributed by atoms with Crippen LogP contribution in [0.1, 0.15) is 18.1 Å². The number of rotatable bonds is 3. The van der Waals surface area contributed by atoms with Crippen LogP contribution >= 0.6 is 0 Å². The van der Waals surface area contributed by atoms with Gasteiger partial charge in [-0.1, -0.05) is 42.0 Å². The molecule has 0 aliphatic rings. The third-order valence-corrected chi connectivity index (χ3v) is 2.21. The summed E-state index contributed by atoms with van der Waals surface area (Å²) in [4.78, 5) is 0. The molecule has 0 heterocycles. The van der Waals surface area contributed by atoms with Gasteiger partial charge in [0.1, 0.15) is 0 Å². The number of hydrogen-bond donors (Lipinski definition) is 1. The van der Waals surface area contributed by atoms with Crippen LogP contribution in [0.4, 0.5) is 0 Å². The fourth-order valence-corrected chi connectivity index (χ4v) is 1.15. The Morgan fingerprint density at radius 2 is 1.92 bits per heavy atom. The minimum Gasteiger partial charge on any atom is -0.324 e. The van der Waals surface area contributed by atoms with Crippen LogP contribution in [0.25, 0.3) is 0 Å². The Morgan fingerprint density at radius 3 is 2.38 bits per heavy atom. The lowest BCUT2D eigenvalue weighted by molar-refractivity contribution is 0.766. The lowest BCUT2D eigenvalue weighted by atomic mass is 10.0. The van der Waals surface area contributed by atoms with Crippen LogP contribution in [0.2, 0.25) is 0 Å². The van der Waals surface area contributed by atoms with Crippen LogP contribution in [-0.2, 0) is 6.42 Å². The summed E-state index contributed by atoms with van der Waals surface area (Å²) in [7, 11) is 0. The molecule has 0 saturated carbocycles. The van der Waals surface area contributed by atoms with Crippen molar-refractivity contribution in [2.75, 3.05) is 0 Å². The van der Waals surface area contributed by atoms with Gasteiger partial charge >= 0.3 is 0 Å². The molecule has 0 aliphatic heterocycles. The first-order valence-corrected chi connectivity index (χ1v) is 4.56. The minimum atomic E-state index is 0.0858. The molecule has 1 heteroatoms. The van der Waals surface area contributed by atoms with E-state index in [1.807, 2.05) is 6.92 Å².